The molecule has 0 saturated carbocycles. The summed E-state index contributed by atoms with van der Waals surface area (Å²) >= 11 is 0. The van der Waals surface area contributed by atoms with Gasteiger partial charge in [0.2, 0.25) is 0 Å². The first kappa shape index (κ1) is 14.3. The van der Waals surface area contributed by atoms with Gasteiger partial charge in [-0.15, -0.1) is 5.10 Å². The summed E-state index contributed by atoms with van der Waals surface area (Å²) in [5.41, 5.74) is 7.29. The number of benzene rings is 1. The topological polar surface area (TPSA) is 78.9 Å². The number of aromatic nitrogens is 4. The SMILES string of the molecule is CCCCCCn1nnnc1-c1ccc(N)cc1OC. The third-order valence-electron chi connectivity index (χ3n) is 3.22. The van der Waals surface area contributed by atoms with E-state index in [0.29, 0.717) is 11.4 Å². The fourth-order valence-corrected chi connectivity index (χ4v) is 2.13. The molecule has 0 saturated heterocycles. The van der Waals surface area contributed by atoms with E-state index < -0.39 is 0 Å². The fraction of sp³-hybridized carbons (Fsp3) is 0.500. The van der Waals surface area contributed by atoms with E-state index in [1.807, 2.05) is 16.8 Å². The van der Waals surface area contributed by atoms with E-state index >= 15 is 0 Å². The molecule has 20 heavy (non-hydrogen) atoms. The normalized spacial score (nSPS) is 10.7. The highest BCUT2D eigenvalue weighted by molar-refractivity contribution is 5.67. The Morgan fingerprint density at radius 3 is 2.85 bits per heavy atom. The van der Waals surface area contributed by atoms with Gasteiger partial charge in [-0.05, 0) is 29.0 Å². The van der Waals surface area contributed by atoms with Gasteiger partial charge in [0.25, 0.3) is 0 Å². The highest BCUT2D eigenvalue weighted by atomic mass is 16.5. The number of nitrogen functional groups attached to an aromatic ring is 1. The number of nitrogens with zero attached hydrogens (tertiary/aromatic N) is 4. The number of unbranched alkanes of at least 4 members (excludes halogenated alkanes) is 3. The minimum absolute atomic E-state index is 0.660. The van der Waals surface area contributed by atoms with Gasteiger partial charge in [-0.3, -0.25) is 0 Å². The maximum Gasteiger partial charge on any atom is 0.185 e. The molecule has 0 aliphatic rings. The second kappa shape index (κ2) is 6.88. The number of rotatable bonds is 7. The molecular weight excluding hydrogens is 254 g/mol. The van der Waals surface area contributed by atoms with Crippen LogP contribution in [-0.4, -0.2) is 27.3 Å². The van der Waals surface area contributed by atoms with E-state index in [0.717, 1.165) is 24.4 Å². The lowest BCUT2D eigenvalue weighted by atomic mass is 10.1. The average molecular weight is 275 g/mol. The molecule has 6 nitrogen and oxygen atoms in total. The number of hydrogen-bond donors (Lipinski definition) is 1. The van der Waals surface area contributed by atoms with Crippen LogP contribution >= 0.6 is 0 Å². The largest absolute Gasteiger partial charge is 0.496 e. The average Bonchev–Trinajstić information content (AvgIpc) is 2.91. The van der Waals surface area contributed by atoms with E-state index in [9.17, 15) is 0 Å². The molecule has 1 aromatic carbocycles. The quantitative estimate of drug-likeness (QED) is 0.620. The summed E-state index contributed by atoms with van der Waals surface area (Å²) in [7, 11) is 1.62. The molecule has 2 rings (SSSR count). The molecule has 2 N–H and O–H groups in total. The van der Waals surface area contributed by atoms with Crippen LogP contribution < -0.4 is 10.5 Å². The van der Waals surface area contributed by atoms with Crippen molar-refractivity contribution in [1.82, 2.24) is 20.2 Å². The van der Waals surface area contributed by atoms with Crippen molar-refractivity contribution in [3.05, 3.63) is 18.2 Å². The zero-order chi connectivity index (χ0) is 14.4. The Balaban J connectivity index is 2.19. The highest BCUT2D eigenvalue weighted by Gasteiger charge is 2.13. The van der Waals surface area contributed by atoms with Crippen LogP contribution in [0.15, 0.2) is 18.2 Å². The van der Waals surface area contributed by atoms with Crippen LogP contribution in [0.1, 0.15) is 32.6 Å². The Kier molecular flexibility index (Phi) is 4.92. The second-order valence-electron chi connectivity index (χ2n) is 4.75. The summed E-state index contributed by atoms with van der Waals surface area (Å²) in [6.45, 7) is 3.01. The highest BCUT2D eigenvalue weighted by Crippen LogP contribution is 2.29. The molecule has 2 aromatic rings. The van der Waals surface area contributed by atoms with Gasteiger partial charge < -0.3 is 10.5 Å². The molecule has 0 aliphatic heterocycles. The van der Waals surface area contributed by atoms with Crippen LogP contribution in [0.2, 0.25) is 0 Å². The monoisotopic (exact) mass is 275 g/mol. The standard InChI is InChI=1S/C14H21N5O/c1-3-4-5-6-9-19-14(16-17-18-19)12-8-7-11(15)10-13(12)20-2/h7-8,10H,3-6,9,15H2,1-2H3. The summed E-state index contributed by atoms with van der Waals surface area (Å²) < 4.78 is 7.18. The van der Waals surface area contributed by atoms with Crippen LogP contribution in [-0.2, 0) is 6.54 Å². The molecular formula is C14H21N5O. The molecule has 6 heteroatoms. The Hall–Kier alpha value is -2.11. The number of methoxy groups -OCH3 is 1. The lowest BCUT2D eigenvalue weighted by Crippen LogP contribution is -2.04. The Morgan fingerprint density at radius 1 is 1.25 bits per heavy atom. The maximum absolute atomic E-state index is 5.77. The predicted octanol–water partition coefficient (Wildman–Crippen LogP) is 2.51. The summed E-state index contributed by atoms with van der Waals surface area (Å²) in [6, 6.07) is 5.50. The summed E-state index contributed by atoms with van der Waals surface area (Å²) in [5.74, 6) is 1.41. The third-order valence-corrected chi connectivity index (χ3v) is 3.22. The van der Waals surface area contributed by atoms with Gasteiger partial charge in [-0.2, -0.15) is 0 Å². The predicted molar refractivity (Wildman–Crippen MR) is 78.4 cm³/mol. The van der Waals surface area contributed by atoms with Crippen molar-refractivity contribution in [3.63, 3.8) is 0 Å². The van der Waals surface area contributed by atoms with Gasteiger partial charge >= 0.3 is 0 Å². The smallest absolute Gasteiger partial charge is 0.185 e. The van der Waals surface area contributed by atoms with Gasteiger partial charge in [-0.1, -0.05) is 26.2 Å². The molecule has 0 atom stereocenters. The van der Waals surface area contributed by atoms with Gasteiger partial charge in [0, 0.05) is 18.3 Å². The first-order valence-corrected chi connectivity index (χ1v) is 6.96. The molecule has 1 aromatic heterocycles. The van der Waals surface area contributed by atoms with E-state index in [1.165, 1.54) is 19.3 Å². The van der Waals surface area contributed by atoms with Crippen molar-refractivity contribution in [2.45, 2.75) is 39.2 Å². The van der Waals surface area contributed by atoms with Gasteiger partial charge in [-0.25, -0.2) is 4.68 Å². The Labute approximate surface area is 118 Å². The first-order valence-electron chi connectivity index (χ1n) is 6.96. The van der Waals surface area contributed by atoms with Crippen LogP contribution in [0.4, 0.5) is 5.69 Å². The van der Waals surface area contributed by atoms with Crippen LogP contribution in [0, 0.1) is 0 Å². The molecule has 0 radical (unpaired) electrons. The number of nitrogens with two attached hydrogens (primary N) is 1. The molecule has 0 spiro atoms. The number of anilines is 1. The van der Waals surface area contributed by atoms with Crippen LogP contribution in [0.5, 0.6) is 5.75 Å². The lowest BCUT2D eigenvalue weighted by Gasteiger charge is -2.09. The van der Waals surface area contributed by atoms with Crippen molar-refractivity contribution < 1.29 is 4.74 Å². The van der Waals surface area contributed by atoms with Gasteiger partial charge in [0.1, 0.15) is 5.75 Å². The number of tetrazole rings is 1. The van der Waals surface area contributed by atoms with Gasteiger partial charge in [0.05, 0.1) is 12.7 Å². The maximum atomic E-state index is 5.77. The van der Waals surface area contributed by atoms with Crippen LogP contribution in [0.25, 0.3) is 11.4 Å². The van der Waals surface area contributed by atoms with Crippen molar-refractivity contribution in [3.8, 4) is 17.1 Å². The van der Waals surface area contributed by atoms with Crippen molar-refractivity contribution in [2.24, 2.45) is 0 Å². The fourth-order valence-electron chi connectivity index (χ4n) is 2.13. The first-order chi connectivity index (χ1) is 9.76. The second-order valence-corrected chi connectivity index (χ2v) is 4.75. The molecule has 0 aliphatic carbocycles. The zero-order valence-electron chi connectivity index (χ0n) is 12.0. The molecule has 0 unspecified atom stereocenters. The molecule has 0 fully saturated rings. The third kappa shape index (κ3) is 3.26. The zero-order valence-corrected chi connectivity index (χ0v) is 12.0. The number of ether oxygens (including phenoxy) is 1. The summed E-state index contributed by atoms with van der Waals surface area (Å²) in [4.78, 5) is 0. The molecule has 0 bridgehead atoms. The molecule has 1 heterocycles. The summed E-state index contributed by atoms with van der Waals surface area (Å²) in [5, 5.41) is 11.9. The van der Waals surface area contributed by atoms with Gasteiger partial charge in [0.15, 0.2) is 5.82 Å². The number of aryl methyl sites for hydroxylation is 1. The van der Waals surface area contributed by atoms with E-state index in [-0.39, 0.29) is 0 Å². The molecule has 0 amide bonds. The van der Waals surface area contributed by atoms with E-state index in [4.69, 9.17) is 10.5 Å². The van der Waals surface area contributed by atoms with E-state index in [1.54, 1.807) is 13.2 Å². The minimum atomic E-state index is 0.660. The Morgan fingerprint density at radius 2 is 2.10 bits per heavy atom. The Bertz CT molecular complexity index is 552. The van der Waals surface area contributed by atoms with Crippen molar-refractivity contribution in [1.29, 1.82) is 0 Å². The number of hydrogen-bond acceptors (Lipinski definition) is 5. The van der Waals surface area contributed by atoms with E-state index in [2.05, 4.69) is 22.4 Å². The van der Waals surface area contributed by atoms with Crippen molar-refractivity contribution >= 4 is 5.69 Å². The lowest BCUT2D eigenvalue weighted by molar-refractivity contribution is 0.415. The van der Waals surface area contributed by atoms with Crippen molar-refractivity contribution in [2.75, 3.05) is 12.8 Å². The van der Waals surface area contributed by atoms with Crippen LogP contribution in [0.3, 0.4) is 0 Å². The minimum Gasteiger partial charge on any atom is -0.496 e. The summed E-state index contributed by atoms with van der Waals surface area (Å²) in [6.07, 6.45) is 4.72. The molecule has 108 valence electrons.